The summed E-state index contributed by atoms with van der Waals surface area (Å²) in [4.78, 5) is 42.9. The van der Waals surface area contributed by atoms with Gasteiger partial charge >= 0.3 is 0 Å². The molecule has 2 N–H and O–H groups in total. The number of Topliss-reactive ketones (excluding diaryl/α,β-unsaturated/α-hetero) is 1. The number of imide groups is 1. The van der Waals surface area contributed by atoms with E-state index in [1.54, 1.807) is 0 Å². The van der Waals surface area contributed by atoms with Crippen LogP contribution in [0.15, 0.2) is 73.1 Å². The molecule has 1 aliphatic carbocycles. The molecule has 1 aliphatic heterocycles. The van der Waals surface area contributed by atoms with Gasteiger partial charge in [-0.05, 0) is 53.9 Å². The smallest absolute Gasteiger partial charge is 0.234 e. The van der Waals surface area contributed by atoms with E-state index in [0.29, 0.717) is 30.0 Å². The Balaban J connectivity index is 1.01. The number of benzene rings is 3. The van der Waals surface area contributed by atoms with Gasteiger partial charge in [-0.3, -0.25) is 19.7 Å². The van der Waals surface area contributed by atoms with Crippen LogP contribution in [0.4, 0.5) is 14.5 Å². The van der Waals surface area contributed by atoms with E-state index in [1.807, 2.05) is 48.5 Å². The highest BCUT2D eigenvalue weighted by Gasteiger charge is 2.34. The molecular formula is C36H34F2N4O5. The van der Waals surface area contributed by atoms with Crippen molar-refractivity contribution in [2.24, 2.45) is 0 Å². The molecule has 47 heavy (non-hydrogen) atoms. The minimum Gasteiger partial charge on any atom is -0.490 e. The second-order valence-corrected chi connectivity index (χ2v) is 12.5. The molecule has 1 saturated carbocycles. The van der Waals surface area contributed by atoms with Crippen molar-refractivity contribution >= 4 is 23.3 Å². The van der Waals surface area contributed by atoms with E-state index >= 15 is 0 Å². The van der Waals surface area contributed by atoms with Crippen molar-refractivity contribution < 1.29 is 32.6 Å². The summed E-state index contributed by atoms with van der Waals surface area (Å²) in [6.07, 6.45) is 4.34. The van der Waals surface area contributed by atoms with Crippen molar-refractivity contribution in [2.75, 3.05) is 5.32 Å². The zero-order valence-electron chi connectivity index (χ0n) is 26.2. The number of amides is 2. The monoisotopic (exact) mass is 640 g/mol. The fourth-order valence-corrected chi connectivity index (χ4v) is 5.92. The largest absolute Gasteiger partial charge is 0.490 e. The lowest BCUT2D eigenvalue weighted by Gasteiger charge is -2.36. The van der Waals surface area contributed by atoms with Crippen LogP contribution in [0, 0.1) is 11.6 Å². The molecule has 0 bridgehead atoms. The van der Waals surface area contributed by atoms with Crippen LogP contribution in [0.1, 0.15) is 79.7 Å². The number of rotatable bonds is 10. The van der Waals surface area contributed by atoms with E-state index in [2.05, 4.69) is 34.4 Å². The number of halogens is 2. The van der Waals surface area contributed by atoms with Crippen LogP contribution in [0.5, 0.6) is 17.2 Å². The molecule has 2 aliphatic rings. The minimum absolute atomic E-state index is 0.0159. The van der Waals surface area contributed by atoms with E-state index in [-0.39, 0.29) is 47.6 Å². The maximum Gasteiger partial charge on any atom is 0.234 e. The third-order valence-corrected chi connectivity index (χ3v) is 8.77. The number of ketones is 1. The van der Waals surface area contributed by atoms with Gasteiger partial charge < -0.3 is 14.8 Å². The molecular weight excluding hydrogens is 606 g/mol. The van der Waals surface area contributed by atoms with Gasteiger partial charge in [0, 0.05) is 48.9 Å². The molecule has 0 spiro atoms. The van der Waals surface area contributed by atoms with E-state index < -0.39 is 29.4 Å². The summed E-state index contributed by atoms with van der Waals surface area (Å²) in [5, 5.41) is 5.30. The van der Waals surface area contributed by atoms with E-state index in [1.165, 1.54) is 31.5 Å². The van der Waals surface area contributed by atoms with E-state index in [0.717, 1.165) is 16.9 Å². The zero-order chi connectivity index (χ0) is 33.3. The second-order valence-electron chi connectivity index (χ2n) is 12.5. The van der Waals surface area contributed by atoms with Gasteiger partial charge in [0.2, 0.25) is 11.8 Å². The number of piperidine rings is 1. The molecule has 4 aromatic rings. The first-order chi connectivity index (χ1) is 22.5. The lowest BCUT2D eigenvalue weighted by atomic mass is 9.78. The van der Waals surface area contributed by atoms with Crippen LogP contribution in [0.25, 0.3) is 0 Å². The first kappa shape index (κ1) is 31.8. The molecule has 1 saturated heterocycles. The molecule has 3 aromatic carbocycles. The summed E-state index contributed by atoms with van der Waals surface area (Å²) in [6, 6.07) is 18.1. The zero-order valence-corrected chi connectivity index (χ0v) is 26.2. The molecule has 11 heteroatoms. The quantitative estimate of drug-likeness (QED) is 0.147. The van der Waals surface area contributed by atoms with Crippen LogP contribution < -0.4 is 20.1 Å². The lowest BCUT2D eigenvalue weighted by Crippen LogP contribution is -2.42. The van der Waals surface area contributed by atoms with Gasteiger partial charge in [0.1, 0.15) is 29.2 Å². The Morgan fingerprint density at radius 2 is 1.47 bits per heavy atom. The van der Waals surface area contributed by atoms with Crippen LogP contribution in [-0.2, 0) is 15.0 Å². The Hall–Kier alpha value is -5.19. The molecule has 0 radical (unpaired) electrons. The van der Waals surface area contributed by atoms with Crippen molar-refractivity contribution in [2.45, 2.75) is 69.9 Å². The SMILES string of the molecule is CC(=O)c1ncc(Oc2ccc(C(C)(C)c3ccc(OC4CC(Nc5cc(F)c(C6CCC(=O)NC6=O)c(F)c5)C4)cc3)cc2)cn1. The molecule has 1 atom stereocenters. The Morgan fingerprint density at radius 3 is 2.02 bits per heavy atom. The normalized spacial score (nSPS) is 19.4. The van der Waals surface area contributed by atoms with Gasteiger partial charge in [-0.25, -0.2) is 18.7 Å². The molecule has 1 unspecified atom stereocenters. The maximum atomic E-state index is 14.9. The van der Waals surface area contributed by atoms with Gasteiger partial charge in [0.05, 0.1) is 18.3 Å². The fourth-order valence-electron chi connectivity index (χ4n) is 5.92. The van der Waals surface area contributed by atoms with Crippen molar-refractivity contribution in [1.82, 2.24) is 15.3 Å². The average Bonchev–Trinajstić information content (AvgIpc) is 3.01. The third-order valence-electron chi connectivity index (χ3n) is 8.77. The Labute approximate surface area is 270 Å². The van der Waals surface area contributed by atoms with E-state index in [9.17, 15) is 23.2 Å². The minimum atomic E-state index is -1.03. The number of nitrogens with one attached hydrogen (secondary N) is 2. The van der Waals surface area contributed by atoms with Crippen molar-refractivity contribution in [3.63, 3.8) is 0 Å². The summed E-state index contributed by atoms with van der Waals surface area (Å²) in [7, 11) is 0. The van der Waals surface area contributed by atoms with Gasteiger partial charge in [0.25, 0.3) is 0 Å². The average molecular weight is 641 g/mol. The molecule has 6 rings (SSSR count). The highest BCUT2D eigenvalue weighted by atomic mass is 19.1. The standard InChI is InChI=1S/C36H34F2N4O5/c1-20(43)34-39-18-28(19-40-34)47-26-10-6-22(7-11-26)36(2,3)21-4-8-25(9-5-21)46-27-14-23(15-27)41-24-16-30(37)33(31(38)17-24)29-12-13-32(44)42-35(29)45/h4-11,16-19,23,27,29,41H,12-15H2,1-3H3,(H,42,44,45). The summed E-state index contributed by atoms with van der Waals surface area (Å²) in [5.41, 5.74) is 1.88. The number of hydrogen-bond acceptors (Lipinski definition) is 8. The second kappa shape index (κ2) is 12.9. The predicted octanol–water partition coefficient (Wildman–Crippen LogP) is 6.62. The van der Waals surface area contributed by atoms with Crippen molar-refractivity contribution in [3.05, 3.63) is 107 Å². The Kier molecular flexibility index (Phi) is 8.72. The van der Waals surface area contributed by atoms with Crippen LogP contribution in [-0.4, -0.2) is 39.7 Å². The molecule has 9 nitrogen and oxygen atoms in total. The van der Waals surface area contributed by atoms with Gasteiger partial charge in [-0.2, -0.15) is 0 Å². The Morgan fingerprint density at radius 1 is 0.894 bits per heavy atom. The van der Waals surface area contributed by atoms with Gasteiger partial charge in [0.15, 0.2) is 17.4 Å². The summed E-state index contributed by atoms with van der Waals surface area (Å²) in [5.74, 6) is -2.03. The molecule has 2 amide bonds. The number of hydrogen-bond donors (Lipinski definition) is 2. The molecule has 2 fully saturated rings. The third kappa shape index (κ3) is 6.98. The van der Waals surface area contributed by atoms with Gasteiger partial charge in [-0.15, -0.1) is 0 Å². The summed E-state index contributed by atoms with van der Waals surface area (Å²) >= 11 is 0. The molecule has 1 aromatic heterocycles. The number of carbonyl (C=O) groups excluding carboxylic acids is 3. The van der Waals surface area contributed by atoms with Crippen molar-refractivity contribution in [3.8, 4) is 17.2 Å². The molecule has 2 heterocycles. The summed E-state index contributed by atoms with van der Waals surface area (Å²) < 4.78 is 41.7. The maximum absolute atomic E-state index is 14.9. The Bertz CT molecular complexity index is 1780. The highest BCUT2D eigenvalue weighted by Crippen LogP contribution is 2.36. The molecule has 242 valence electrons. The number of ether oxygens (including phenoxy) is 2. The van der Waals surface area contributed by atoms with Crippen LogP contribution >= 0.6 is 0 Å². The number of nitrogens with zero attached hydrogens (tertiary/aromatic N) is 2. The number of carbonyl (C=O) groups is 3. The summed E-state index contributed by atoms with van der Waals surface area (Å²) in [6.45, 7) is 5.68. The van der Waals surface area contributed by atoms with Crippen LogP contribution in [0.2, 0.25) is 0 Å². The predicted molar refractivity (Wildman–Crippen MR) is 170 cm³/mol. The van der Waals surface area contributed by atoms with Gasteiger partial charge in [-0.1, -0.05) is 38.1 Å². The fraction of sp³-hybridized carbons (Fsp3) is 0.306. The van der Waals surface area contributed by atoms with E-state index in [4.69, 9.17) is 9.47 Å². The van der Waals surface area contributed by atoms with Crippen LogP contribution in [0.3, 0.4) is 0 Å². The van der Waals surface area contributed by atoms with Crippen molar-refractivity contribution in [1.29, 1.82) is 0 Å². The first-order valence-corrected chi connectivity index (χ1v) is 15.4. The number of aromatic nitrogens is 2. The number of anilines is 1. The topological polar surface area (TPSA) is 120 Å². The lowest BCUT2D eigenvalue weighted by molar-refractivity contribution is -0.134. The first-order valence-electron chi connectivity index (χ1n) is 15.4. The highest BCUT2D eigenvalue weighted by molar-refractivity contribution is 6.01.